The Morgan fingerprint density at radius 2 is 1.95 bits per heavy atom. The van der Waals surface area contributed by atoms with Crippen LogP contribution < -0.4 is 0 Å². The summed E-state index contributed by atoms with van der Waals surface area (Å²) >= 11 is 1.66. The fourth-order valence-electron chi connectivity index (χ4n) is 3.86. The highest BCUT2D eigenvalue weighted by molar-refractivity contribution is 8.02. The van der Waals surface area contributed by atoms with Gasteiger partial charge in [0.05, 0.1) is 17.0 Å². The first kappa shape index (κ1) is 13.2. The Morgan fingerprint density at radius 1 is 1.32 bits per heavy atom. The standard InChI is InChI=1S/C14H20N2O2S/c1-6-7-15-12(18)8-10-9(17)11(13(2,3)19-10)16(8)14(15,4)5/h6,8,10-11H,1,7H2,2-5H3/t8-,10+,11-/m0/s1. The van der Waals surface area contributed by atoms with Gasteiger partial charge in [0.25, 0.3) is 0 Å². The number of amides is 1. The molecule has 0 aromatic carbocycles. The maximum Gasteiger partial charge on any atom is 0.243 e. The minimum Gasteiger partial charge on any atom is -0.320 e. The zero-order valence-electron chi connectivity index (χ0n) is 11.8. The van der Waals surface area contributed by atoms with Crippen molar-refractivity contribution in [1.29, 1.82) is 0 Å². The van der Waals surface area contributed by atoms with E-state index in [1.54, 1.807) is 17.8 Å². The second-order valence-corrected chi connectivity index (χ2v) is 8.33. The fraction of sp³-hybridized carbons (Fsp3) is 0.714. The Bertz CT molecular complexity index is 486. The minimum atomic E-state index is -0.413. The summed E-state index contributed by atoms with van der Waals surface area (Å²) in [6, 6.07) is -0.424. The third-order valence-corrected chi connectivity index (χ3v) is 6.20. The predicted molar refractivity (Wildman–Crippen MR) is 75.9 cm³/mol. The number of ketones is 1. The van der Waals surface area contributed by atoms with Gasteiger partial charge in [-0.2, -0.15) is 0 Å². The van der Waals surface area contributed by atoms with Crippen molar-refractivity contribution < 1.29 is 9.59 Å². The lowest BCUT2D eigenvalue weighted by molar-refractivity contribution is -0.133. The van der Waals surface area contributed by atoms with Crippen molar-refractivity contribution in [2.75, 3.05) is 6.54 Å². The Kier molecular flexibility index (Phi) is 2.53. The van der Waals surface area contributed by atoms with Crippen molar-refractivity contribution in [2.24, 2.45) is 0 Å². The third-order valence-electron chi connectivity index (χ3n) is 4.63. The van der Waals surface area contributed by atoms with Crippen LogP contribution in [0, 0.1) is 0 Å². The number of fused-ring (bicyclic) bond motifs is 5. The lowest BCUT2D eigenvalue weighted by Crippen LogP contribution is -2.58. The van der Waals surface area contributed by atoms with Crippen LogP contribution in [0.1, 0.15) is 27.7 Å². The number of Topliss-reactive ketones (excluding diaryl/α,β-unsaturated/α-hetero) is 1. The number of nitrogens with zero attached hydrogens (tertiary/aromatic N) is 2. The molecule has 2 bridgehead atoms. The number of hydrogen-bond acceptors (Lipinski definition) is 4. The van der Waals surface area contributed by atoms with Gasteiger partial charge >= 0.3 is 0 Å². The Balaban J connectivity index is 2.07. The van der Waals surface area contributed by atoms with E-state index in [-0.39, 0.29) is 33.8 Å². The number of rotatable bonds is 2. The van der Waals surface area contributed by atoms with Gasteiger partial charge in [-0.1, -0.05) is 6.08 Å². The summed E-state index contributed by atoms with van der Waals surface area (Å²) in [5, 5.41) is -0.193. The molecule has 0 aromatic heterocycles. The van der Waals surface area contributed by atoms with E-state index in [0.29, 0.717) is 6.54 Å². The normalized spacial score (nSPS) is 38.9. The van der Waals surface area contributed by atoms with Gasteiger partial charge in [-0.05, 0) is 27.7 Å². The van der Waals surface area contributed by atoms with E-state index >= 15 is 0 Å². The first-order valence-electron chi connectivity index (χ1n) is 6.66. The summed E-state index contributed by atoms with van der Waals surface area (Å²) in [4.78, 5) is 29.0. The van der Waals surface area contributed by atoms with Gasteiger partial charge in [-0.15, -0.1) is 18.3 Å². The molecule has 5 heteroatoms. The van der Waals surface area contributed by atoms with E-state index in [4.69, 9.17) is 0 Å². The largest absolute Gasteiger partial charge is 0.320 e. The van der Waals surface area contributed by atoms with Crippen LogP contribution in [-0.2, 0) is 9.59 Å². The van der Waals surface area contributed by atoms with E-state index in [9.17, 15) is 9.59 Å². The summed E-state index contributed by atoms with van der Waals surface area (Å²) < 4.78 is -0.111. The molecule has 4 nitrogen and oxygen atoms in total. The number of carbonyl (C=O) groups excluding carboxylic acids is 2. The second-order valence-electron chi connectivity index (χ2n) is 6.53. The fourth-order valence-corrected chi connectivity index (χ4v) is 5.50. The molecule has 3 fully saturated rings. The van der Waals surface area contributed by atoms with Crippen molar-refractivity contribution in [3.8, 4) is 0 Å². The van der Waals surface area contributed by atoms with Crippen LogP contribution in [-0.4, -0.2) is 55.8 Å². The van der Waals surface area contributed by atoms with Gasteiger partial charge in [-0.3, -0.25) is 14.5 Å². The Labute approximate surface area is 118 Å². The van der Waals surface area contributed by atoms with Crippen LogP contribution in [0.2, 0.25) is 0 Å². The molecule has 104 valence electrons. The van der Waals surface area contributed by atoms with Crippen molar-refractivity contribution in [1.82, 2.24) is 9.80 Å². The van der Waals surface area contributed by atoms with E-state index in [2.05, 4.69) is 25.3 Å². The molecule has 0 N–H and O–H groups in total. The summed E-state index contributed by atoms with van der Waals surface area (Å²) in [7, 11) is 0. The van der Waals surface area contributed by atoms with E-state index in [1.807, 2.05) is 18.7 Å². The van der Waals surface area contributed by atoms with E-state index < -0.39 is 5.66 Å². The molecule has 0 aliphatic carbocycles. The smallest absolute Gasteiger partial charge is 0.243 e. The van der Waals surface area contributed by atoms with Crippen LogP contribution in [0.3, 0.4) is 0 Å². The zero-order valence-corrected chi connectivity index (χ0v) is 12.7. The van der Waals surface area contributed by atoms with Crippen LogP contribution in [0.25, 0.3) is 0 Å². The van der Waals surface area contributed by atoms with Gasteiger partial charge in [-0.25, -0.2) is 0 Å². The second kappa shape index (κ2) is 3.64. The number of hydrogen-bond donors (Lipinski definition) is 0. The van der Waals surface area contributed by atoms with E-state index in [1.165, 1.54) is 0 Å². The van der Waals surface area contributed by atoms with Crippen molar-refractivity contribution >= 4 is 23.5 Å². The van der Waals surface area contributed by atoms with Crippen LogP contribution >= 0.6 is 11.8 Å². The summed E-state index contributed by atoms with van der Waals surface area (Å²) in [5.41, 5.74) is -0.413. The molecule has 3 aliphatic heterocycles. The van der Waals surface area contributed by atoms with Crippen molar-refractivity contribution in [3.05, 3.63) is 12.7 Å². The quantitative estimate of drug-likeness (QED) is 0.714. The highest BCUT2D eigenvalue weighted by Gasteiger charge is 2.71. The molecule has 3 saturated heterocycles. The van der Waals surface area contributed by atoms with Crippen molar-refractivity contribution in [2.45, 2.75) is 55.4 Å². The molecule has 1 amide bonds. The minimum absolute atomic E-state index is 0.0775. The Hall–Kier alpha value is -0.810. The van der Waals surface area contributed by atoms with Gasteiger partial charge < -0.3 is 4.90 Å². The third kappa shape index (κ3) is 1.40. The number of carbonyl (C=O) groups is 2. The summed E-state index contributed by atoms with van der Waals surface area (Å²) in [6.07, 6.45) is 1.75. The summed E-state index contributed by atoms with van der Waals surface area (Å²) in [6.45, 7) is 12.5. The molecular formula is C14H20N2O2S. The number of thioether (sulfide) groups is 1. The lowest BCUT2D eigenvalue weighted by Gasteiger charge is -2.44. The molecule has 3 rings (SSSR count). The highest BCUT2D eigenvalue weighted by atomic mass is 32.2. The average Bonchev–Trinajstić information content (AvgIpc) is 2.77. The maximum atomic E-state index is 12.6. The molecule has 19 heavy (non-hydrogen) atoms. The molecule has 3 atom stereocenters. The van der Waals surface area contributed by atoms with Gasteiger partial charge in [0.15, 0.2) is 5.78 Å². The Morgan fingerprint density at radius 3 is 2.53 bits per heavy atom. The molecule has 0 unspecified atom stereocenters. The van der Waals surface area contributed by atoms with Gasteiger partial charge in [0.1, 0.15) is 6.04 Å². The predicted octanol–water partition coefficient (Wildman–Crippen LogP) is 1.27. The molecule has 0 aromatic rings. The maximum absolute atomic E-state index is 12.6. The van der Waals surface area contributed by atoms with E-state index in [0.717, 1.165) is 0 Å². The first-order chi connectivity index (χ1) is 8.73. The molecule has 0 spiro atoms. The molecule has 3 aliphatic rings. The average molecular weight is 280 g/mol. The van der Waals surface area contributed by atoms with Gasteiger partial charge in [0, 0.05) is 11.3 Å². The van der Waals surface area contributed by atoms with Crippen LogP contribution in [0.4, 0.5) is 0 Å². The SMILES string of the molecule is C=CCN1C(=O)[C@@H]2[C@H]3SC(C)(C)[C@H](C3=O)N2C1(C)C. The molecule has 0 saturated carbocycles. The molecular weight excluding hydrogens is 260 g/mol. The van der Waals surface area contributed by atoms with Crippen LogP contribution in [0.5, 0.6) is 0 Å². The van der Waals surface area contributed by atoms with Gasteiger partial charge in [0.2, 0.25) is 5.91 Å². The van der Waals surface area contributed by atoms with Crippen molar-refractivity contribution in [3.63, 3.8) is 0 Å². The summed E-state index contributed by atoms with van der Waals surface area (Å²) in [5.74, 6) is 0.313. The highest BCUT2D eigenvalue weighted by Crippen LogP contribution is 2.56. The molecule has 0 radical (unpaired) electrons. The lowest BCUT2D eigenvalue weighted by atomic mass is 9.98. The zero-order chi connectivity index (χ0) is 14.2. The topological polar surface area (TPSA) is 40.6 Å². The molecule has 3 heterocycles. The monoisotopic (exact) mass is 280 g/mol. The first-order valence-corrected chi connectivity index (χ1v) is 7.54. The van der Waals surface area contributed by atoms with Crippen LogP contribution in [0.15, 0.2) is 12.7 Å².